The highest BCUT2D eigenvalue weighted by molar-refractivity contribution is 7.71. The highest BCUT2D eigenvalue weighted by atomic mass is 32.1. The Bertz CT molecular complexity index is 804. The Morgan fingerprint density at radius 3 is 2.95 bits per heavy atom. The van der Waals surface area contributed by atoms with Crippen molar-refractivity contribution < 1.29 is 4.74 Å². The largest absolute Gasteiger partial charge is 0.497 e. The van der Waals surface area contributed by atoms with Crippen LogP contribution in [-0.2, 0) is 0 Å². The van der Waals surface area contributed by atoms with E-state index < -0.39 is 0 Å². The highest BCUT2D eigenvalue weighted by Crippen LogP contribution is 2.22. The second-order valence-electron chi connectivity index (χ2n) is 4.29. The van der Waals surface area contributed by atoms with E-state index in [9.17, 15) is 0 Å². The molecule has 0 radical (unpaired) electrons. The molecule has 2 heterocycles. The number of pyridine rings is 1. The topological polar surface area (TPSA) is 42.8 Å². The Morgan fingerprint density at radius 2 is 2.16 bits per heavy atom. The molecule has 2 aromatic heterocycles. The molecular formula is C14H13N3OS. The summed E-state index contributed by atoms with van der Waals surface area (Å²) in [4.78, 5) is 7.62. The van der Waals surface area contributed by atoms with Crippen LogP contribution in [0.15, 0.2) is 36.5 Å². The summed E-state index contributed by atoms with van der Waals surface area (Å²) >= 11 is 5.40. The first-order valence-corrected chi connectivity index (χ1v) is 6.32. The summed E-state index contributed by atoms with van der Waals surface area (Å²) in [6.45, 7) is 2.03. The van der Waals surface area contributed by atoms with E-state index in [1.165, 1.54) is 0 Å². The summed E-state index contributed by atoms with van der Waals surface area (Å²) in [5, 5.41) is 0. The minimum atomic E-state index is 0.630. The van der Waals surface area contributed by atoms with Gasteiger partial charge in [-0.25, -0.2) is 4.98 Å². The number of aromatic amines is 1. The van der Waals surface area contributed by atoms with Crippen molar-refractivity contribution in [2.45, 2.75) is 6.92 Å². The van der Waals surface area contributed by atoms with Crippen molar-refractivity contribution in [1.29, 1.82) is 0 Å². The molecule has 0 spiro atoms. The van der Waals surface area contributed by atoms with Crippen LogP contribution in [0.5, 0.6) is 5.75 Å². The molecule has 0 saturated carbocycles. The van der Waals surface area contributed by atoms with Crippen LogP contribution in [0.4, 0.5) is 0 Å². The number of nitrogens with zero attached hydrogens (tertiary/aromatic N) is 2. The van der Waals surface area contributed by atoms with Gasteiger partial charge in [-0.1, -0.05) is 6.07 Å². The second kappa shape index (κ2) is 4.51. The van der Waals surface area contributed by atoms with E-state index >= 15 is 0 Å². The van der Waals surface area contributed by atoms with Crippen LogP contribution >= 0.6 is 12.2 Å². The zero-order valence-corrected chi connectivity index (χ0v) is 11.5. The van der Waals surface area contributed by atoms with Gasteiger partial charge in [0, 0.05) is 12.3 Å². The fourth-order valence-corrected chi connectivity index (χ4v) is 2.41. The maximum Gasteiger partial charge on any atom is 0.184 e. The Morgan fingerprint density at radius 1 is 1.32 bits per heavy atom. The molecule has 4 nitrogen and oxygen atoms in total. The van der Waals surface area contributed by atoms with Gasteiger partial charge in [0.05, 0.1) is 18.3 Å². The maximum atomic E-state index is 5.40. The number of hydrogen-bond acceptors (Lipinski definition) is 3. The Balaban J connectivity index is 2.33. The summed E-state index contributed by atoms with van der Waals surface area (Å²) in [7, 11) is 1.65. The average Bonchev–Trinajstić information content (AvgIpc) is 2.77. The lowest BCUT2D eigenvalue weighted by Gasteiger charge is -2.06. The fourth-order valence-electron chi connectivity index (χ4n) is 2.12. The van der Waals surface area contributed by atoms with Crippen LogP contribution in [-0.4, -0.2) is 21.6 Å². The molecular weight excluding hydrogens is 258 g/mol. The van der Waals surface area contributed by atoms with E-state index in [-0.39, 0.29) is 0 Å². The third-order valence-corrected chi connectivity index (χ3v) is 3.38. The van der Waals surface area contributed by atoms with E-state index in [0.717, 1.165) is 28.2 Å². The van der Waals surface area contributed by atoms with Crippen molar-refractivity contribution in [3.63, 3.8) is 0 Å². The molecule has 0 aliphatic rings. The van der Waals surface area contributed by atoms with E-state index in [4.69, 9.17) is 17.0 Å². The number of ether oxygens (including phenoxy) is 1. The molecule has 0 aliphatic heterocycles. The van der Waals surface area contributed by atoms with Crippen LogP contribution in [0.1, 0.15) is 5.56 Å². The maximum absolute atomic E-state index is 5.40. The molecule has 0 fully saturated rings. The number of fused-ring (bicyclic) bond motifs is 1. The van der Waals surface area contributed by atoms with E-state index in [2.05, 4.69) is 9.97 Å². The monoisotopic (exact) mass is 271 g/mol. The quantitative estimate of drug-likeness (QED) is 0.726. The number of nitrogens with one attached hydrogen (secondary N) is 1. The molecule has 96 valence electrons. The van der Waals surface area contributed by atoms with Crippen LogP contribution in [0.25, 0.3) is 16.9 Å². The molecule has 0 bridgehead atoms. The summed E-state index contributed by atoms with van der Waals surface area (Å²) in [5.41, 5.74) is 3.86. The molecule has 19 heavy (non-hydrogen) atoms. The van der Waals surface area contributed by atoms with Gasteiger partial charge in [0.25, 0.3) is 0 Å². The van der Waals surface area contributed by atoms with E-state index in [1.807, 2.05) is 41.8 Å². The van der Waals surface area contributed by atoms with Crippen molar-refractivity contribution in [2.24, 2.45) is 0 Å². The van der Waals surface area contributed by atoms with Crippen molar-refractivity contribution >= 4 is 23.4 Å². The van der Waals surface area contributed by atoms with Gasteiger partial charge < -0.3 is 9.72 Å². The smallest absolute Gasteiger partial charge is 0.184 e. The van der Waals surface area contributed by atoms with Crippen molar-refractivity contribution in [1.82, 2.24) is 14.5 Å². The fraction of sp³-hybridized carbons (Fsp3) is 0.143. The van der Waals surface area contributed by atoms with Gasteiger partial charge in [-0.3, -0.25) is 4.57 Å². The molecule has 1 aromatic carbocycles. The first kappa shape index (κ1) is 11.9. The lowest BCUT2D eigenvalue weighted by atomic mass is 10.2. The van der Waals surface area contributed by atoms with Gasteiger partial charge in [0.15, 0.2) is 10.4 Å². The van der Waals surface area contributed by atoms with Crippen LogP contribution in [0, 0.1) is 11.7 Å². The van der Waals surface area contributed by atoms with E-state index in [1.54, 1.807) is 13.3 Å². The molecule has 0 amide bonds. The Kier molecular flexibility index (Phi) is 2.83. The number of imidazole rings is 1. The van der Waals surface area contributed by atoms with Crippen LogP contribution < -0.4 is 4.74 Å². The third kappa shape index (κ3) is 1.92. The lowest BCUT2D eigenvalue weighted by molar-refractivity contribution is 0.414. The standard InChI is InChI=1S/C14H13N3OS/c1-9-6-7-15-13-12(9)16-14(19)17(13)10-4-3-5-11(8-10)18-2/h3-8H,1-2H3,(H,16,19). The van der Waals surface area contributed by atoms with Crippen LogP contribution in [0.3, 0.4) is 0 Å². The average molecular weight is 271 g/mol. The first-order chi connectivity index (χ1) is 9.20. The summed E-state index contributed by atoms with van der Waals surface area (Å²) in [5.74, 6) is 0.793. The van der Waals surface area contributed by atoms with E-state index in [0.29, 0.717) is 4.77 Å². The lowest BCUT2D eigenvalue weighted by Crippen LogP contribution is -1.96. The zero-order valence-electron chi connectivity index (χ0n) is 10.7. The third-order valence-electron chi connectivity index (χ3n) is 3.10. The highest BCUT2D eigenvalue weighted by Gasteiger charge is 2.09. The number of H-pyrrole nitrogens is 1. The Hall–Kier alpha value is -2.14. The number of benzene rings is 1. The molecule has 5 heteroatoms. The molecule has 0 aliphatic carbocycles. The molecule has 1 N–H and O–H groups in total. The van der Waals surface area contributed by atoms with Crippen molar-refractivity contribution in [3.05, 3.63) is 46.9 Å². The van der Waals surface area contributed by atoms with Crippen molar-refractivity contribution in [2.75, 3.05) is 7.11 Å². The SMILES string of the molecule is COc1cccc(-n2c(=S)[nH]c3c(C)ccnc32)c1. The minimum absolute atomic E-state index is 0.630. The molecule has 0 saturated heterocycles. The first-order valence-electron chi connectivity index (χ1n) is 5.91. The number of methoxy groups -OCH3 is 1. The summed E-state index contributed by atoms with van der Waals surface area (Å²) in [6, 6.07) is 9.72. The summed E-state index contributed by atoms with van der Waals surface area (Å²) < 4.78 is 7.80. The number of aromatic nitrogens is 3. The second-order valence-corrected chi connectivity index (χ2v) is 4.68. The predicted octanol–water partition coefficient (Wildman–Crippen LogP) is 3.40. The summed E-state index contributed by atoms with van der Waals surface area (Å²) in [6.07, 6.45) is 1.79. The Labute approximate surface area is 115 Å². The predicted molar refractivity (Wildman–Crippen MR) is 77.5 cm³/mol. The normalized spacial score (nSPS) is 10.8. The molecule has 0 unspecified atom stereocenters. The van der Waals surface area contributed by atoms with Gasteiger partial charge in [-0.15, -0.1) is 0 Å². The number of rotatable bonds is 2. The number of aryl methyl sites for hydroxylation is 1. The number of hydrogen-bond donors (Lipinski definition) is 1. The van der Waals surface area contributed by atoms with Gasteiger partial charge in [0.2, 0.25) is 0 Å². The molecule has 0 atom stereocenters. The zero-order chi connectivity index (χ0) is 13.4. The van der Waals surface area contributed by atoms with Crippen molar-refractivity contribution in [3.8, 4) is 11.4 Å². The molecule has 3 aromatic rings. The molecule has 3 rings (SSSR count). The van der Waals surface area contributed by atoms with Crippen LogP contribution in [0.2, 0.25) is 0 Å². The van der Waals surface area contributed by atoms with Gasteiger partial charge >= 0.3 is 0 Å². The van der Waals surface area contributed by atoms with Gasteiger partial charge in [-0.2, -0.15) is 0 Å². The van der Waals surface area contributed by atoms with Gasteiger partial charge in [-0.05, 0) is 42.9 Å². The van der Waals surface area contributed by atoms with Gasteiger partial charge in [0.1, 0.15) is 5.75 Å². The minimum Gasteiger partial charge on any atom is -0.497 e.